The van der Waals surface area contributed by atoms with E-state index in [1.807, 2.05) is 25.1 Å². The van der Waals surface area contributed by atoms with Gasteiger partial charge in [0.2, 0.25) is 0 Å². The Hall–Kier alpha value is -1.50. The number of nitrogens with zero attached hydrogens (tertiary/aromatic N) is 4. The number of tetrazole rings is 1. The third-order valence-corrected chi connectivity index (χ3v) is 3.25. The van der Waals surface area contributed by atoms with Gasteiger partial charge in [0.05, 0.1) is 13.1 Å². The SMILES string of the molecule is Cc1cccc(C(Cc2nnn(C)n2)NN)c1Cl. The van der Waals surface area contributed by atoms with Gasteiger partial charge in [-0.3, -0.25) is 11.3 Å². The molecule has 0 aliphatic rings. The van der Waals surface area contributed by atoms with Crippen molar-refractivity contribution in [3.05, 3.63) is 40.2 Å². The highest BCUT2D eigenvalue weighted by molar-refractivity contribution is 6.32. The highest BCUT2D eigenvalue weighted by Crippen LogP contribution is 2.27. The van der Waals surface area contributed by atoms with Crippen LogP contribution < -0.4 is 11.3 Å². The largest absolute Gasteiger partial charge is 0.271 e. The van der Waals surface area contributed by atoms with Crippen LogP contribution in [-0.2, 0) is 13.5 Å². The van der Waals surface area contributed by atoms with Crippen LogP contribution in [0.2, 0.25) is 5.02 Å². The van der Waals surface area contributed by atoms with Crippen LogP contribution in [0.3, 0.4) is 0 Å². The lowest BCUT2D eigenvalue weighted by molar-refractivity contribution is 0.536. The quantitative estimate of drug-likeness (QED) is 0.635. The predicted molar refractivity (Wildman–Crippen MR) is 68.8 cm³/mol. The van der Waals surface area contributed by atoms with Crippen molar-refractivity contribution in [2.24, 2.45) is 12.9 Å². The summed E-state index contributed by atoms with van der Waals surface area (Å²) < 4.78 is 0. The van der Waals surface area contributed by atoms with Gasteiger partial charge in [-0.15, -0.1) is 10.2 Å². The smallest absolute Gasteiger partial charge is 0.176 e. The zero-order valence-corrected chi connectivity index (χ0v) is 11.0. The van der Waals surface area contributed by atoms with Gasteiger partial charge in [-0.1, -0.05) is 29.8 Å². The van der Waals surface area contributed by atoms with Crippen LogP contribution in [0.25, 0.3) is 0 Å². The van der Waals surface area contributed by atoms with Gasteiger partial charge in [-0.05, 0) is 23.3 Å². The molecule has 1 atom stereocenters. The summed E-state index contributed by atoms with van der Waals surface area (Å²) in [5.74, 6) is 6.21. The van der Waals surface area contributed by atoms with E-state index in [1.54, 1.807) is 7.05 Å². The minimum atomic E-state index is -0.137. The fourth-order valence-electron chi connectivity index (χ4n) is 1.79. The maximum Gasteiger partial charge on any atom is 0.176 e. The van der Waals surface area contributed by atoms with Crippen molar-refractivity contribution in [2.45, 2.75) is 19.4 Å². The lowest BCUT2D eigenvalue weighted by Crippen LogP contribution is -2.30. The van der Waals surface area contributed by atoms with Gasteiger partial charge in [0, 0.05) is 11.4 Å². The molecule has 0 amide bonds. The molecule has 0 bridgehead atoms. The monoisotopic (exact) mass is 266 g/mol. The Balaban J connectivity index is 2.25. The summed E-state index contributed by atoms with van der Waals surface area (Å²) in [6, 6.07) is 5.71. The number of rotatable bonds is 4. The van der Waals surface area contributed by atoms with Gasteiger partial charge in [-0.25, -0.2) is 0 Å². The van der Waals surface area contributed by atoms with Gasteiger partial charge < -0.3 is 0 Å². The van der Waals surface area contributed by atoms with Crippen LogP contribution in [0.4, 0.5) is 0 Å². The summed E-state index contributed by atoms with van der Waals surface area (Å²) in [5.41, 5.74) is 4.69. The molecule has 1 unspecified atom stereocenters. The molecular weight excluding hydrogens is 252 g/mol. The van der Waals surface area contributed by atoms with Crippen LogP contribution >= 0.6 is 11.6 Å². The molecule has 1 aromatic carbocycles. The molecule has 7 heteroatoms. The van der Waals surface area contributed by atoms with Crippen molar-refractivity contribution in [2.75, 3.05) is 0 Å². The number of benzene rings is 1. The van der Waals surface area contributed by atoms with E-state index in [2.05, 4.69) is 20.8 Å². The molecule has 6 nitrogen and oxygen atoms in total. The van der Waals surface area contributed by atoms with E-state index in [1.165, 1.54) is 4.80 Å². The molecule has 96 valence electrons. The molecule has 18 heavy (non-hydrogen) atoms. The molecule has 0 fully saturated rings. The van der Waals surface area contributed by atoms with Gasteiger partial charge in [0.25, 0.3) is 0 Å². The Morgan fingerprint density at radius 1 is 1.50 bits per heavy atom. The number of hydrogen-bond donors (Lipinski definition) is 2. The molecule has 0 aliphatic heterocycles. The number of hydrogen-bond acceptors (Lipinski definition) is 5. The fraction of sp³-hybridized carbons (Fsp3) is 0.364. The average molecular weight is 267 g/mol. The van der Waals surface area contributed by atoms with Crippen LogP contribution in [0.5, 0.6) is 0 Å². The second-order valence-electron chi connectivity index (χ2n) is 4.10. The second kappa shape index (κ2) is 5.43. The Labute approximate surface area is 110 Å². The van der Waals surface area contributed by atoms with E-state index in [4.69, 9.17) is 17.4 Å². The first-order valence-electron chi connectivity index (χ1n) is 5.56. The maximum absolute atomic E-state index is 6.28. The van der Waals surface area contributed by atoms with Gasteiger partial charge in [0.1, 0.15) is 0 Å². The van der Waals surface area contributed by atoms with Crippen molar-refractivity contribution >= 4 is 11.6 Å². The Morgan fingerprint density at radius 2 is 2.28 bits per heavy atom. The van der Waals surface area contributed by atoms with E-state index >= 15 is 0 Å². The highest BCUT2D eigenvalue weighted by Gasteiger charge is 2.17. The second-order valence-corrected chi connectivity index (χ2v) is 4.47. The van der Waals surface area contributed by atoms with E-state index in [9.17, 15) is 0 Å². The topological polar surface area (TPSA) is 81.7 Å². The summed E-state index contributed by atoms with van der Waals surface area (Å²) in [6.45, 7) is 1.96. The minimum absolute atomic E-state index is 0.137. The van der Waals surface area contributed by atoms with Gasteiger partial charge in [0.15, 0.2) is 5.82 Å². The first-order chi connectivity index (χ1) is 8.61. The summed E-state index contributed by atoms with van der Waals surface area (Å²) in [7, 11) is 1.72. The van der Waals surface area contributed by atoms with Crippen molar-refractivity contribution in [3.63, 3.8) is 0 Å². The Bertz CT molecular complexity index is 538. The number of halogens is 1. The van der Waals surface area contributed by atoms with Crippen molar-refractivity contribution in [3.8, 4) is 0 Å². The molecule has 0 saturated carbocycles. The zero-order chi connectivity index (χ0) is 13.1. The zero-order valence-electron chi connectivity index (χ0n) is 10.3. The van der Waals surface area contributed by atoms with Crippen molar-refractivity contribution < 1.29 is 0 Å². The number of nitrogens with one attached hydrogen (secondary N) is 1. The molecule has 1 heterocycles. The molecule has 0 saturated heterocycles. The fourth-order valence-corrected chi connectivity index (χ4v) is 2.04. The number of aromatic nitrogens is 4. The standard InChI is InChI=1S/C11H15ClN6/c1-7-4-3-5-8(11(7)12)9(14-13)6-10-15-17-18(2)16-10/h3-5,9,14H,6,13H2,1-2H3. The van der Waals surface area contributed by atoms with Crippen LogP contribution in [0.1, 0.15) is 23.0 Å². The number of nitrogens with two attached hydrogens (primary N) is 1. The van der Waals surface area contributed by atoms with E-state index in [0.717, 1.165) is 11.1 Å². The molecule has 3 N–H and O–H groups in total. The highest BCUT2D eigenvalue weighted by atomic mass is 35.5. The number of aryl methyl sites for hydroxylation is 2. The van der Waals surface area contributed by atoms with Crippen molar-refractivity contribution in [1.29, 1.82) is 0 Å². The van der Waals surface area contributed by atoms with Crippen LogP contribution in [-0.4, -0.2) is 20.2 Å². The first kappa shape index (κ1) is 12.9. The summed E-state index contributed by atoms with van der Waals surface area (Å²) >= 11 is 6.28. The third kappa shape index (κ3) is 2.66. The molecule has 0 spiro atoms. The molecule has 0 radical (unpaired) electrons. The molecule has 2 aromatic rings. The lowest BCUT2D eigenvalue weighted by Gasteiger charge is -2.16. The maximum atomic E-state index is 6.28. The normalized spacial score (nSPS) is 12.7. The summed E-state index contributed by atoms with van der Waals surface area (Å²) in [4.78, 5) is 1.42. The summed E-state index contributed by atoms with van der Waals surface area (Å²) in [6.07, 6.45) is 0.535. The molecule has 1 aromatic heterocycles. The van der Waals surface area contributed by atoms with Gasteiger partial charge in [-0.2, -0.15) is 4.80 Å². The molecule has 2 rings (SSSR count). The predicted octanol–water partition coefficient (Wildman–Crippen LogP) is 0.919. The molecule has 0 aliphatic carbocycles. The van der Waals surface area contributed by atoms with Gasteiger partial charge >= 0.3 is 0 Å². The van der Waals surface area contributed by atoms with Crippen LogP contribution in [0, 0.1) is 6.92 Å². The lowest BCUT2D eigenvalue weighted by atomic mass is 10.0. The first-order valence-corrected chi connectivity index (χ1v) is 5.93. The average Bonchev–Trinajstić information content (AvgIpc) is 2.76. The molecular formula is C11H15ClN6. The minimum Gasteiger partial charge on any atom is -0.271 e. The number of hydrazine groups is 1. The Kier molecular flexibility index (Phi) is 3.90. The van der Waals surface area contributed by atoms with E-state index in [-0.39, 0.29) is 6.04 Å². The van der Waals surface area contributed by atoms with E-state index in [0.29, 0.717) is 17.3 Å². The summed E-state index contributed by atoms with van der Waals surface area (Å²) in [5, 5.41) is 12.6. The van der Waals surface area contributed by atoms with E-state index < -0.39 is 0 Å². The third-order valence-electron chi connectivity index (χ3n) is 2.73. The van der Waals surface area contributed by atoms with Crippen molar-refractivity contribution in [1.82, 2.24) is 25.6 Å². The van der Waals surface area contributed by atoms with Crippen LogP contribution in [0.15, 0.2) is 18.2 Å². The Morgan fingerprint density at radius 3 is 2.89 bits per heavy atom.